The highest BCUT2D eigenvalue weighted by atomic mass is 32.1. The standard InChI is InChI=1S/C20H25NO2S/c1-3-15-7-9-16(10-8-15)19(18-12-14(2)13-24-18)21-11-5-4-6-17(21)20(22)23/h7-10,12-13,17,19H,3-6,11H2,1-2H3,(H,22,23). The number of aliphatic carboxylic acids is 1. The van der Waals surface area contributed by atoms with Crippen molar-refractivity contribution in [3.05, 3.63) is 57.3 Å². The number of carboxylic acid groups (broad SMARTS) is 1. The lowest BCUT2D eigenvalue weighted by Crippen LogP contribution is -2.46. The van der Waals surface area contributed by atoms with E-state index < -0.39 is 12.0 Å². The summed E-state index contributed by atoms with van der Waals surface area (Å²) in [7, 11) is 0. The van der Waals surface area contributed by atoms with Crippen LogP contribution in [0.25, 0.3) is 0 Å². The molecule has 0 bridgehead atoms. The van der Waals surface area contributed by atoms with Gasteiger partial charge in [-0.05, 0) is 60.9 Å². The minimum atomic E-state index is -0.696. The van der Waals surface area contributed by atoms with Gasteiger partial charge in [0.05, 0.1) is 6.04 Å². The second-order valence-electron chi connectivity index (χ2n) is 6.61. The first-order valence-electron chi connectivity index (χ1n) is 8.72. The fourth-order valence-electron chi connectivity index (χ4n) is 3.58. The summed E-state index contributed by atoms with van der Waals surface area (Å²) in [6.07, 6.45) is 3.82. The maximum Gasteiger partial charge on any atom is 0.320 e. The molecule has 4 heteroatoms. The van der Waals surface area contributed by atoms with Gasteiger partial charge >= 0.3 is 5.97 Å². The Hall–Kier alpha value is -1.65. The molecule has 3 rings (SSSR count). The van der Waals surface area contributed by atoms with Gasteiger partial charge in [-0.1, -0.05) is 37.6 Å². The van der Waals surface area contributed by atoms with E-state index in [2.05, 4.69) is 54.5 Å². The first kappa shape index (κ1) is 17.2. The summed E-state index contributed by atoms with van der Waals surface area (Å²) in [5.74, 6) is -0.696. The van der Waals surface area contributed by atoms with Gasteiger partial charge in [0.2, 0.25) is 0 Å². The first-order valence-corrected chi connectivity index (χ1v) is 9.60. The third-order valence-corrected chi connectivity index (χ3v) is 5.99. The van der Waals surface area contributed by atoms with E-state index in [4.69, 9.17) is 0 Å². The Morgan fingerprint density at radius 1 is 1.33 bits per heavy atom. The lowest BCUT2D eigenvalue weighted by atomic mass is 9.94. The molecule has 1 fully saturated rings. The van der Waals surface area contributed by atoms with Crippen LogP contribution in [0.2, 0.25) is 0 Å². The van der Waals surface area contributed by atoms with Crippen molar-refractivity contribution in [2.45, 2.75) is 51.6 Å². The lowest BCUT2D eigenvalue weighted by Gasteiger charge is -2.39. The third kappa shape index (κ3) is 3.55. The summed E-state index contributed by atoms with van der Waals surface area (Å²) in [6.45, 7) is 5.09. The predicted molar refractivity (Wildman–Crippen MR) is 98.7 cm³/mol. The van der Waals surface area contributed by atoms with E-state index in [1.165, 1.54) is 21.6 Å². The van der Waals surface area contributed by atoms with Gasteiger partial charge in [-0.25, -0.2) is 0 Å². The highest BCUT2D eigenvalue weighted by Gasteiger charge is 2.35. The van der Waals surface area contributed by atoms with Crippen LogP contribution in [0, 0.1) is 6.92 Å². The molecule has 0 radical (unpaired) electrons. The second-order valence-corrected chi connectivity index (χ2v) is 7.55. The number of carboxylic acids is 1. The molecule has 1 aliphatic rings. The minimum Gasteiger partial charge on any atom is -0.480 e. The number of benzene rings is 1. The number of rotatable bonds is 5. The average molecular weight is 343 g/mol. The summed E-state index contributed by atoms with van der Waals surface area (Å²) < 4.78 is 0. The third-order valence-electron chi connectivity index (χ3n) is 4.88. The van der Waals surface area contributed by atoms with Gasteiger partial charge in [-0.3, -0.25) is 9.69 Å². The van der Waals surface area contributed by atoms with E-state index in [-0.39, 0.29) is 6.04 Å². The largest absolute Gasteiger partial charge is 0.480 e. The maximum absolute atomic E-state index is 11.8. The average Bonchev–Trinajstić information content (AvgIpc) is 3.02. The molecule has 0 aliphatic carbocycles. The van der Waals surface area contributed by atoms with Crippen LogP contribution in [0.5, 0.6) is 0 Å². The quantitative estimate of drug-likeness (QED) is 0.859. The van der Waals surface area contributed by atoms with Gasteiger partial charge in [0.25, 0.3) is 0 Å². The van der Waals surface area contributed by atoms with Crippen molar-refractivity contribution in [2.24, 2.45) is 0 Å². The van der Waals surface area contributed by atoms with Gasteiger partial charge < -0.3 is 5.11 Å². The fourth-order valence-corrected chi connectivity index (χ4v) is 4.62. The topological polar surface area (TPSA) is 40.5 Å². The summed E-state index contributed by atoms with van der Waals surface area (Å²) in [4.78, 5) is 15.2. The molecular weight excluding hydrogens is 318 g/mol. The van der Waals surface area contributed by atoms with E-state index >= 15 is 0 Å². The number of likely N-dealkylation sites (tertiary alicyclic amines) is 1. The molecule has 2 aromatic rings. The number of aryl methyl sites for hydroxylation is 2. The van der Waals surface area contributed by atoms with Crippen LogP contribution >= 0.6 is 11.3 Å². The van der Waals surface area contributed by atoms with Gasteiger partial charge in [0.1, 0.15) is 6.04 Å². The molecule has 2 unspecified atom stereocenters. The zero-order chi connectivity index (χ0) is 17.1. The van der Waals surface area contributed by atoms with E-state index in [1.54, 1.807) is 11.3 Å². The van der Waals surface area contributed by atoms with Crippen molar-refractivity contribution in [3.8, 4) is 0 Å². The van der Waals surface area contributed by atoms with E-state index in [0.29, 0.717) is 0 Å². The molecule has 1 saturated heterocycles. The van der Waals surface area contributed by atoms with Crippen molar-refractivity contribution in [3.63, 3.8) is 0 Å². The number of thiophene rings is 1. The molecule has 128 valence electrons. The highest BCUT2D eigenvalue weighted by molar-refractivity contribution is 7.10. The molecule has 2 heterocycles. The van der Waals surface area contributed by atoms with Crippen LogP contribution in [0.4, 0.5) is 0 Å². The Kier molecular flexibility index (Phi) is 5.36. The summed E-state index contributed by atoms with van der Waals surface area (Å²) in [5, 5.41) is 11.9. The molecular formula is C20H25NO2S. The summed E-state index contributed by atoms with van der Waals surface area (Å²) in [6, 6.07) is 10.5. The molecule has 0 spiro atoms. The SMILES string of the molecule is CCc1ccc(C(c2cc(C)cs2)N2CCCCC2C(=O)O)cc1. The lowest BCUT2D eigenvalue weighted by molar-refractivity contribution is -0.145. The van der Waals surface area contributed by atoms with E-state index in [1.807, 2.05) is 0 Å². The molecule has 0 saturated carbocycles. The number of nitrogens with zero attached hydrogens (tertiary/aromatic N) is 1. The first-order chi connectivity index (χ1) is 11.6. The number of carbonyl (C=O) groups is 1. The molecule has 2 atom stereocenters. The molecule has 1 aromatic heterocycles. The molecule has 1 aliphatic heterocycles. The van der Waals surface area contributed by atoms with Crippen LogP contribution in [0.1, 0.15) is 53.8 Å². The molecule has 1 aromatic carbocycles. The van der Waals surface area contributed by atoms with E-state index in [0.717, 1.165) is 32.2 Å². The van der Waals surface area contributed by atoms with Crippen LogP contribution in [0.15, 0.2) is 35.7 Å². The Bertz CT molecular complexity index is 692. The number of hydrogen-bond donors (Lipinski definition) is 1. The fraction of sp³-hybridized carbons (Fsp3) is 0.450. The van der Waals surface area contributed by atoms with Gasteiger partial charge in [-0.15, -0.1) is 11.3 Å². The molecule has 1 N–H and O–H groups in total. The van der Waals surface area contributed by atoms with Crippen LogP contribution in [-0.4, -0.2) is 28.6 Å². The zero-order valence-electron chi connectivity index (χ0n) is 14.4. The van der Waals surface area contributed by atoms with Crippen molar-refractivity contribution >= 4 is 17.3 Å². The Morgan fingerprint density at radius 2 is 2.08 bits per heavy atom. The molecule has 0 amide bonds. The Morgan fingerprint density at radius 3 is 2.67 bits per heavy atom. The van der Waals surface area contributed by atoms with Crippen LogP contribution in [-0.2, 0) is 11.2 Å². The van der Waals surface area contributed by atoms with Crippen LogP contribution in [0.3, 0.4) is 0 Å². The van der Waals surface area contributed by atoms with Crippen LogP contribution < -0.4 is 0 Å². The number of hydrogen-bond acceptors (Lipinski definition) is 3. The summed E-state index contributed by atoms with van der Waals surface area (Å²) in [5.41, 5.74) is 3.75. The van der Waals surface area contributed by atoms with Crippen molar-refractivity contribution in [1.29, 1.82) is 0 Å². The van der Waals surface area contributed by atoms with Crippen molar-refractivity contribution in [1.82, 2.24) is 4.90 Å². The molecule has 24 heavy (non-hydrogen) atoms. The van der Waals surface area contributed by atoms with Gasteiger partial charge in [-0.2, -0.15) is 0 Å². The smallest absolute Gasteiger partial charge is 0.320 e. The Labute approximate surface area is 147 Å². The molecule has 3 nitrogen and oxygen atoms in total. The van der Waals surface area contributed by atoms with E-state index in [9.17, 15) is 9.90 Å². The maximum atomic E-state index is 11.8. The zero-order valence-corrected chi connectivity index (χ0v) is 15.2. The normalized spacial score (nSPS) is 20.0. The minimum absolute atomic E-state index is 0.0380. The van der Waals surface area contributed by atoms with Crippen molar-refractivity contribution in [2.75, 3.05) is 6.54 Å². The number of piperidine rings is 1. The monoisotopic (exact) mass is 343 g/mol. The highest BCUT2D eigenvalue weighted by Crippen LogP contribution is 2.37. The predicted octanol–water partition coefficient (Wildman–Crippen LogP) is 4.65. The van der Waals surface area contributed by atoms with Gasteiger partial charge in [0.15, 0.2) is 0 Å². The van der Waals surface area contributed by atoms with Crippen molar-refractivity contribution < 1.29 is 9.90 Å². The van der Waals surface area contributed by atoms with Gasteiger partial charge in [0, 0.05) is 4.88 Å². The Balaban J connectivity index is 2.02. The summed E-state index contributed by atoms with van der Waals surface area (Å²) >= 11 is 1.74. The second kappa shape index (κ2) is 7.49.